The molecule has 0 aliphatic rings. The molecular weight excluding hydrogens is 242 g/mol. The Morgan fingerprint density at radius 3 is 2.33 bits per heavy atom. The molecule has 0 aliphatic carbocycles. The lowest BCUT2D eigenvalue weighted by Gasteiger charge is -2.15. The topological polar surface area (TPSA) is 117 Å². The van der Waals surface area contributed by atoms with Crippen LogP contribution in [0.3, 0.4) is 0 Å². The van der Waals surface area contributed by atoms with Gasteiger partial charge >= 0.3 is 12.0 Å². The highest BCUT2D eigenvalue weighted by Gasteiger charge is 2.19. The molecule has 0 heterocycles. The number of hydrogen-bond donors (Lipinski definition) is 4. The Labute approximate surface area is 105 Å². The van der Waals surface area contributed by atoms with Gasteiger partial charge in [-0.3, -0.25) is 4.79 Å². The first-order valence-corrected chi connectivity index (χ1v) is 5.50. The highest BCUT2D eigenvalue weighted by Crippen LogP contribution is 1.88. The number of ether oxygens (including phenoxy) is 1. The van der Waals surface area contributed by atoms with Gasteiger partial charge in [-0.05, 0) is 13.8 Å². The van der Waals surface area contributed by atoms with Crippen LogP contribution in [0.2, 0.25) is 0 Å². The van der Waals surface area contributed by atoms with E-state index in [0.29, 0.717) is 6.54 Å². The summed E-state index contributed by atoms with van der Waals surface area (Å²) in [5, 5.41) is 15.9. The predicted octanol–water partition coefficient (Wildman–Crippen LogP) is -1.09. The van der Waals surface area contributed by atoms with Crippen molar-refractivity contribution in [3.63, 3.8) is 0 Å². The molecule has 104 valence electrons. The molecule has 8 heteroatoms. The van der Waals surface area contributed by atoms with Crippen LogP contribution in [-0.4, -0.2) is 55.4 Å². The van der Waals surface area contributed by atoms with Crippen LogP contribution in [0.15, 0.2) is 0 Å². The summed E-state index contributed by atoms with van der Waals surface area (Å²) in [5.74, 6) is -1.48. The highest BCUT2D eigenvalue weighted by molar-refractivity contribution is 5.86. The zero-order valence-corrected chi connectivity index (χ0v) is 10.6. The Morgan fingerprint density at radius 2 is 1.89 bits per heavy atom. The summed E-state index contributed by atoms with van der Waals surface area (Å²) in [4.78, 5) is 33.3. The van der Waals surface area contributed by atoms with Gasteiger partial charge in [0.25, 0.3) is 0 Å². The SMILES string of the molecule is CCNC(=O)C(C)NC(=O)NCC(OC)C(=O)O. The zero-order chi connectivity index (χ0) is 14.1. The third-order valence-electron chi connectivity index (χ3n) is 2.10. The zero-order valence-electron chi connectivity index (χ0n) is 10.6. The Hall–Kier alpha value is -1.83. The predicted molar refractivity (Wildman–Crippen MR) is 63.1 cm³/mol. The van der Waals surface area contributed by atoms with E-state index in [4.69, 9.17) is 5.11 Å². The number of carboxylic acid groups (broad SMARTS) is 1. The van der Waals surface area contributed by atoms with Crippen molar-refractivity contribution in [3.8, 4) is 0 Å². The average molecular weight is 261 g/mol. The normalized spacial score (nSPS) is 13.3. The third-order valence-corrected chi connectivity index (χ3v) is 2.10. The van der Waals surface area contributed by atoms with Crippen molar-refractivity contribution in [1.29, 1.82) is 0 Å². The number of methoxy groups -OCH3 is 1. The van der Waals surface area contributed by atoms with Crippen molar-refractivity contribution in [1.82, 2.24) is 16.0 Å². The Bertz CT molecular complexity index is 308. The fraction of sp³-hybridized carbons (Fsp3) is 0.700. The largest absolute Gasteiger partial charge is 0.479 e. The maximum absolute atomic E-state index is 11.4. The number of carboxylic acids is 1. The lowest BCUT2D eigenvalue weighted by Crippen LogP contribution is -2.50. The lowest BCUT2D eigenvalue weighted by molar-refractivity contribution is -0.148. The van der Waals surface area contributed by atoms with E-state index in [2.05, 4.69) is 20.7 Å². The molecule has 0 spiro atoms. The fourth-order valence-electron chi connectivity index (χ4n) is 1.10. The van der Waals surface area contributed by atoms with Crippen molar-refractivity contribution >= 4 is 17.9 Å². The van der Waals surface area contributed by atoms with Gasteiger partial charge in [0.15, 0.2) is 6.10 Å². The van der Waals surface area contributed by atoms with Crippen molar-refractivity contribution in [2.75, 3.05) is 20.2 Å². The minimum Gasteiger partial charge on any atom is -0.479 e. The molecule has 0 saturated carbocycles. The number of rotatable bonds is 7. The number of urea groups is 1. The van der Waals surface area contributed by atoms with Gasteiger partial charge in [0.05, 0.1) is 6.54 Å². The van der Waals surface area contributed by atoms with Gasteiger partial charge in [-0.1, -0.05) is 0 Å². The van der Waals surface area contributed by atoms with Crippen LogP contribution in [0.25, 0.3) is 0 Å². The van der Waals surface area contributed by atoms with Gasteiger partial charge in [0.2, 0.25) is 5.91 Å². The minimum absolute atomic E-state index is 0.181. The fourth-order valence-corrected chi connectivity index (χ4v) is 1.10. The molecule has 8 nitrogen and oxygen atoms in total. The summed E-state index contributed by atoms with van der Waals surface area (Å²) < 4.78 is 4.63. The van der Waals surface area contributed by atoms with Crippen molar-refractivity contribution < 1.29 is 24.2 Å². The van der Waals surface area contributed by atoms with Crippen LogP contribution < -0.4 is 16.0 Å². The van der Waals surface area contributed by atoms with Gasteiger partial charge in [-0.15, -0.1) is 0 Å². The lowest BCUT2D eigenvalue weighted by atomic mass is 10.3. The molecule has 3 amide bonds. The summed E-state index contributed by atoms with van der Waals surface area (Å²) in [6.07, 6.45) is -1.12. The van der Waals surface area contributed by atoms with Gasteiger partial charge in [-0.25, -0.2) is 9.59 Å². The molecule has 0 rings (SSSR count). The van der Waals surface area contributed by atoms with Crippen molar-refractivity contribution in [2.45, 2.75) is 26.0 Å². The van der Waals surface area contributed by atoms with Crippen LogP contribution in [0, 0.1) is 0 Å². The summed E-state index contributed by atoms with van der Waals surface area (Å²) in [6.45, 7) is 3.58. The van der Waals surface area contributed by atoms with Gasteiger partial charge < -0.3 is 25.8 Å². The monoisotopic (exact) mass is 261 g/mol. The first-order chi connectivity index (χ1) is 8.42. The maximum Gasteiger partial charge on any atom is 0.334 e. The second kappa shape index (κ2) is 8.29. The van der Waals surface area contributed by atoms with Crippen molar-refractivity contribution in [2.24, 2.45) is 0 Å². The number of amides is 3. The van der Waals surface area contributed by atoms with Gasteiger partial charge in [0.1, 0.15) is 6.04 Å². The summed E-state index contributed by atoms with van der Waals surface area (Å²) >= 11 is 0. The summed E-state index contributed by atoms with van der Waals surface area (Å²) in [6, 6.07) is -1.33. The Kier molecular flexibility index (Phi) is 7.45. The molecule has 2 unspecified atom stereocenters. The highest BCUT2D eigenvalue weighted by atomic mass is 16.5. The molecule has 2 atom stereocenters. The van der Waals surface area contributed by atoms with Crippen LogP contribution in [0.1, 0.15) is 13.8 Å². The average Bonchev–Trinajstić information content (AvgIpc) is 2.29. The second-order valence-electron chi connectivity index (χ2n) is 3.53. The number of likely N-dealkylation sites (N-methyl/N-ethyl adjacent to an activating group) is 1. The van der Waals surface area contributed by atoms with Crippen LogP contribution in [0.5, 0.6) is 0 Å². The van der Waals surface area contributed by atoms with E-state index in [1.807, 2.05) is 0 Å². The third kappa shape index (κ3) is 6.04. The molecule has 0 aliphatic heterocycles. The number of aliphatic carboxylic acids is 1. The number of carbonyl (C=O) groups is 3. The summed E-state index contributed by atoms with van der Waals surface area (Å²) in [7, 11) is 1.23. The molecule has 4 N–H and O–H groups in total. The number of carbonyl (C=O) groups excluding carboxylic acids is 2. The van der Waals surface area contributed by atoms with Crippen LogP contribution >= 0.6 is 0 Å². The van der Waals surface area contributed by atoms with E-state index in [9.17, 15) is 14.4 Å². The van der Waals surface area contributed by atoms with Crippen LogP contribution in [0.4, 0.5) is 4.79 Å². The smallest absolute Gasteiger partial charge is 0.334 e. The van der Waals surface area contributed by atoms with Gasteiger partial charge in [-0.2, -0.15) is 0 Å². The molecule has 0 aromatic heterocycles. The van der Waals surface area contributed by atoms with E-state index in [1.54, 1.807) is 6.92 Å². The Balaban J connectivity index is 4.04. The summed E-state index contributed by atoms with van der Waals surface area (Å²) in [5.41, 5.74) is 0. The first-order valence-electron chi connectivity index (χ1n) is 5.50. The molecule has 0 fully saturated rings. The molecule has 0 bridgehead atoms. The van der Waals surface area contributed by atoms with Gasteiger partial charge in [0, 0.05) is 13.7 Å². The maximum atomic E-state index is 11.4. The Morgan fingerprint density at radius 1 is 1.28 bits per heavy atom. The van der Waals surface area contributed by atoms with E-state index >= 15 is 0 Å². The van der Waals surface area contributed by atoms with Crippen LogP contribution in [-0.2, 0) is 14.3 Å². The molecular formula is C10H19N3O5. The first kappa shape index (κ1) is 16.2. The quantitative estimate of drug-likeness (QED) is 0.464. The molecule has 0 aromatic rings. The van der Waals surface area contributed by atoms with Crippen molar-refractivity contribution in [3.05, 3.63) is 0 Å². The number of hydrogen-bond acceptors (Lipinski definition) is 4. The molecule has 0 aromatic carbocycles. The molecule has 0 radical (unpaired) electrons. The van der Waals surface area contributed by atoms with E-state index in [0.717, 1.165) is 0 Å². The molecule has 0 saturated heterocycles. The molecule has 18 heavy (non-hydrogen) atoms. The van der Waals surface area contributed by atoms with E-state index in [1.165, 1.54) is 14.0 Å². The van der Waals surface area contributed by atoms with E-state index in [-0.39, 0.29) is 12.5 Å². The van der Waals surface area contributed by atoms with E-state index < -0.39 is 24.1 Å². The number of nitrogens with one attached hydrogen (secondary N) is 3. The standard InChI is InChI=1S/C10H19N3O5/c1-4-11-8(14)6(2)13-10(17)12-5-7(18-3)9(15)16/h6-7H,4-5H2,1-3H3,(H,11,14)(H,15,16)(H2,12,13,17). The minimum atomic E-state index is -1.17. The second-order valence-corrected chi connectivity index (χ2v) is 3.53.